The molecular formula is C18H17NO. The topological polar surface area (TPSA) is 33.0 Å². The van der Waals surface area contributed by atoms with Gasteiger partial charge in [0.05, 0.1) is 17.4 Å². The van der Waals surface area contributed by atoms with E-state index in [2.05, 4.69) is 19.6 Å². The fourth-order valence-electron chi connectivity index (χ4n) is 1.95. The molecule has 0 saturated carbocycles. The van der Waals surface area contributed by atoms with Gasteiger partial charge in [0.15, 0.2) is 0 Å². The van der Waals surface area contributed by atoms with Crippen molar-refractivity contribution in [3.05, 3.63) is 66.4 Å². The molecule has 0 spiro atoms. The summed E-state index contributed by atoms with van der Waals surface area (Å²) in [5, 5.41) is 8.79. The second-order valence-corrected chi connectivity index (χ2v) is 4.60. The Bertz CT molecular complexity index is 618. The summed E-state index contributed by atoms with van der Waals surface area (Å²) in [5.74, 6) is 1.60. The van der Waals surface area contributed by atoms with E-state index in [0.717, 1.165) is 35.5 Å². The lowest BCUT2D eigenvalue weighted by molar-refractivity contribution is 0.404. The van der Waals surface area contributed by atoms with Crippen molar-refractivity contribution in [3.63, 3.8) is 0 Å². The van der Waals surface area contributed by atoms with Crippen LogP contribution in [0.1, 0.15) is 25.3 Å². The van der Waals surface area contributed by atoms with E-state index < -0.39 is 0 Å². The van der Waals surface area contributed by atoms with Gasteiger partial charge < -0.3 is 4.74 Å². The summed E-state index contributed by atoms with van der Waals surface area (Å²) in [6.45, 7) is 5.99. The SMILES string of the molecule is C=C(CCC)Oc1ccc(-c2ccc(C#N)cc2)cc1. The molecule has 2 heteroatoms. The van der Waals surface area contributed by atoms with E-state index in [-0.39, 0.29) is 0 Å². The minimum absolute atomic E-state index is 0.671. The third-order valence-electron chi connectivity index (χ3n) is 2.99. The van der Waals surface area contributed by atoms with Crippen LogP contribution < -0.4 is 4.74 Å². The van der Waals surface area contributed by atoms with Gasteiger partial charge in [-0.2, -0.15) is 5.26 Å². The van der Waals surface area contributed by atoms with Gasteiger partial charge in [-0.15, -0.1) is 0 Å². The number of benzene rings is 2. The first-order chi connectivity index (χ1) is 9.72. The van der Waals surface area contributed by atoms with Crippen molar-refractivity contribution in [2.75, 3.05) is 0 Å². The first-order valence-corrected chi connectivity index (χ1v) is 6.69. The first-order valence-electron chi connectivity index (χ1n) is 6.69. The van der Waals surface area contributed by atoms with Gasteiger partial charge in [-0.3, -0.25) is 0 Å². The summed E-state index contributed by atoms with van der Waals surface area (Å²) in [6.07, 6.45) is 1.90. The minimum atomic E-state index is 0.671. The Morgan fingerprint density at radius 3 is 2.10 bits per heavy atom. The van der Waals surface area contributed by atoms with Gasteiger partial charge in [0.25, 0.3) is 0 Å². The highest BCUT2D eigenvalue weighted by atomic mass is 16.5. The smallest absolute Gasteiger partial charge is 0.126 e. The van der Waals surface area contributed by atoms with Crippen molar-refractivity contribution in [2.45, 2.75) is 19.8 Å². The highest BCUT2D eigenvalue weighted by Gasteiger charge is 2.01. The Kier molecular flexibility index (Phi) is 4.57. The van der Waals surface area contributed by atoms with Crippen LogP contribution in [0, 0.1) is 11.3 Å². The Morgan fingerprint density at radius 2 is 1.60 bits per heavy atom. The van der Waals surface area contributed by atoms with Crippen molar-refractivity contribution < 1.29 is 4.74 Å². The van der Waals surface area contributed by atoms with Crippen molar-refractivity contribution >= 4 is 0 Å². The summed E-state index contributed by atoms with van der Waals surface area (Å²) in [5.41, 5.74) is 2.86. The molecule has 2 rings (SSSR count). The summed E-state index contributed by atoms with van der Waals surface area (Å²) in [6, 6.07) is 17.6. The van der Waals surface area contributed by atoms with Gasteiger partial charge in [0.1, 0.15) is 5.75 Å². The zero-order valence-electron chi connectivity index (χ0n) is 11.6. The second-order valence-electron chi connectivity index (χ2n) is 4.60. The zero-order valence-corrected chi connectivity index (χ0v) is 11.6. The number of hydrogen-bond acceptors (Lipinski definition) is 2. The van der Waals surface area contributed by atoms with Crippen LogP contribution in [0.4, 0.5) is 0 Å². The van der Waals surface area contributed by atoms with Gasteiger partial charge in [-0.1, -0.05) is 37.8 Å². The average molecular weight is 263 g/mol. The van der Waals surface area contributed by atoms with E-state index in [1.165, 1.54) is 0 Å². The normalized spacial score (nSPS) is 9.80. The number of nitriles is 1. The molecule has 0 aliphatic heterocycles. The standard InChI is InChI=1S/C18H17NO/c1-3-4-14(2)20-18-11-9-17(10-12-18)16-7-5-15(13-19)6-8-16/h5-12H,2-4H2,1H3. The molecule has 0 aliphatic carbocycles. The van der Waals surface area contributed by atoms with E-state index in [1.54, 1.807) is 0 Å². The van der Waals surface area contributed by atoms with Crippen LogP contribution in [0.5, 0.6) is 5.75 Å². The van der Waals surface area contributed by atoms with Gasteiger partial charge in [0.2, 0.25) is 0 Å². The predicted octanol–water partition coefficient (Wildman–Crippen LogP) is 4.92. The molecular weight excluding hydrogens is 246 g/mol. The quantitative estimate of drug-likeness (QED) is 0.717. The molecule has 2 aromatic rings. The molecule has 0 radical (unpaired) electrons. The van der Waals surface area contributed by atoms with Crippen molar-refractivity contribution in [1.82, 2.24) is 0 Å². The minimum Gasteiger partial charge on any atom is -0.462 e. The van der Waals surface area contributed by atoms with Gasteiger partial charge in [-0.25, -0.2) is 0 Å². The fraction of sp³-hybridized carbons (Fsp3) is 0.167. The fourth-order valence-corrected chi connectivity index (χ4v) is 1.95. The van der Waals surface area contributed by atoms with Crippen molar-refractivity contribution in [2.24, 2.45) is 0 Å². The van der Waals surface area contributed by atoms with E-state index in [4.69, 9.17) is 10.00 Å². The Balaban J connectivity index is 2.11. The first kappa shape index (κ1) is 13.9. The Hall–Kier alpha value is -2.53. The van der Waals surface area contributed by atoms with Crippen molar-refractivity contribution in [1.29, 1.82) is 5.26 Å². The third kappa shape index (κ3) is 3.49. The maximum absolute atomic E-state index is 8.79. The Morgan fingerprint density at radius 1 is 1.05 bits per heavy atom. The molecule has 0 heterocycles. The monoisotopic (exact) mass is 263 g/mol. The molecule has 0 N–H and O–H groups in total. The maximum Gasteiger partial charge on any atom is 0.126 e. The molecule has 0 saturated heterocycles. The van der Waals surface area contributed by atoms with E-state index >= 15 is 0 Å². The molecule has 0 aliphatic rings. The average Bonchev–Trinajstić information content (AvgIpc) is 2.48. The predicted molar refractivity (Wildman–Crippen MR) is 81.3 cm³/mol. The number of hydrogen-bond donors (Lipinski definition) is 0. The van der Waals surface area contributed by atoms with E-state index in [9.17, 15) is 0 Å². The van der Waals surface area contributed by atoms with Crippen LogP contribution in [0.2, 0.25) is 0 Å². The molecule has 20 heavy (non-hydrogen) atoms. The van der Waals surface area contributed by atoms with Crippen LogP contribution in [0.15, 0.2) is 60.9 Å². The van der Waals surface area contributed by atoms with E-state index in [0.29, 0.717) is 5.56 Å². The summed E-state index contributed by atoms with van der Waals surface area (Å²) >= 11 is 0. The maximum atomic E-state index is 8.79. The van der Waals surface area contributed by atoms with Gasteiger partial charge in [0, 0.05) is 6.42 Å². The summed E-state index contributed by atoms with van der Waals surface area (Å²) in [7, 11) is 0. The van der Waals surface area contributed by atoms with Crippen LogP contribution >= 0.6 is 0 Å². The summed E-state index contributed by atoms with van der Waals surface area (Å²) < 4.78 is 5.64. The molecule has 0 bridgehead atoms. The highest BCUT2D eigenvalue weighted by Crippen LogP contribution is 2.24. The molecule has 0 unspecified atom stereocenters. The molecule has 0 aromatic heterocycles. The van der Waals surface area contributed by atoms with Crippen molar-refractivity contribution in [3.8, 4) is 22.9 Å². The van der Waals surface area contributed by atoms with Crippen LogP contribution in [0.3, 0.4) is 0 Å². The number of ether oxygens (including phenoxy) is 1. The highest BCUT2D eigenvalue weighted by molar-refractivity contribution is 5.65. The largest absolute Gasteiger partial charge is 0.462 e. The lowest BCUT2D eigenvalue weighted by Gasteiger charge is -2.08. The third-order valence-corrected chi connectivity index (χ3v) is 2.99. The molecule has 2 nitrogen and oxygen atoms in total. The van der Waals surface area contributed by atoms with E-state index in [1.807, 2.05) is 48.5 Å². The van der Waals surface area contributed by atoms with Gasteiger partial charge >= 0.3 is 0 Å². The number of rotatable bonds is 5. The Labute approximate surface area is 119 Å². The lowest BCUT2D eigenvalue weighted by atomic mass is 10.0. The molecule has 0 atom stereocenters. The molecule has 0 amide bonds. The van der Waals surface area contributed by atoms with Crippen LogP contribution in [-0.2, 0) is 0 Å². The van der Waals surface area contributed by atoms with Crippen LogP contribution in [-0.4, -0.2) is 0 Å². The number of allylic oxidation sites excluding steroid dienone is 1. The number of nitrogens with zero attached hydrogens (tertiary/aromatic N) is 1. The lowest BCUT2D eigenvalue weighted by Crippen LogP contribution is -1.92. The van der Waals surface area contributed by atoms with Crippen LogP contribution in [0.25, 0.3) is 11.1 Å². The molecule has 100 valence electrons. The van der Waals surface area contributed by atoms with Gasteiger partial charge in [-0.05, 0) is 41.8 Å². The molecule has 2 aromatic carbocycles. The molecule has 0 fully saturated rings. The summed E-state index contributed by atoms with van der Waals surface area (Å²) in [4.78, 5) is 0. The second kappa shape index (κ2) is 6.58. The zero-order chi connectivity index (χ0) is 14.4.